The largest absolute Gasteiger partial charge is 0.496 e. The zero-order valence-corrected chi connectivity index (χ0v) is 12.0. The summed E-state index contributed by atoms with van der Waals surface area (Å²) in [4.78, 5) is 23.5. The maximum atomic E-state index is 12.1. The molecule has 0 saturated heterocycles. The van der Waals surface area contributed by atoms with Crippen LogP contribution in [-0.4, -0.2) is 22.8 Å². The third-order valence-electron chi connectivity index (χ3n) is 3.03. The molecule has 2 aromatic rings. The van der Waals surface area contributed by atoms with Gasteiger partial charge in [-0.3, -0.25) is 9.59 Å². The quantitative estimate of drug-likeness (QED) is 0.897. The van der Waals surface area contributed by atoms with Gasteiger partial charge in [0.2, 0.25) is 0 Å². The van der Waals surface area contributed by atoms with Gasteiger partial charge in [0.1, 0.15) is 11.4 Å². The summed E-state index contributed by atoms with van der Waals surface area (Å²) in [5.41, 5.74) is 0.863. The predicted molar refractivity (Wildman–Crippen MR) is 78.3 cm³/mol. The van der Waals surface area contributed by atoms with Crippen molar-refractivity contribution in [3.05, 3.63) is 58.0 Å². The Hall–Kier alpha value is -2.63. The van der Waals surface area contributed by atoms with Gasteiger partial charge < -0.3 is 10.1 Å². The SMILES string of the molecule is CCn1nc(C(=O)NCc2ccccc2OC)ccc1=O. The van der Waals surface area contributed by atoms with Crippen molar-refractivity contribution in [3.63, 3.8) is 0 Å². The van der Waals surface area contributed by atoms with E-state index in [1.54, 1.807) is 14.0 Å². The Labute approximate surface area is 122 Å². The molecule has 0 aliphatic heterocycles. The van der Waals surface area contributed by atoms with Gasteiger partial charge in [0.05, 0.1) is 7.11 Å². The van der Waals surface area contributed by atoms with Crippen LogP contribution in [0.2, 0.25) is 0 Å². The van der Waals surface area contributed by atoms with Gasteiger partial charge in [0.25, 0.3) is 11.5 Å². The minimum atomic E-state index is -0.330. The summed E-state index contributed by atoms with van der Waals surface area (Å²) in [7, 11) is 1.58. The summed E-state index contributed by atoms with van der Waals surface area (Å²) < 4.78 is 6.47. The molecule has 6 nitrogen and oxygen atoms in total. The van der Waals surface area contributed by atoms with Gasteiger partial charge >= 0.3 is 0 Å². The fourth-order valence-electron chi connectivity index (χ4n) is 1.91. The maximum Gasteiger partial charge on any atom is 0.271 e. The van der Waals surface area contributed by atoms with E-state index in [9.17, 15) is 9.59 Å². The Kier molecular flexibility index (Phi) is 4.71. The number of carbonyl (C=O) groups excluding carboxylic acids is 1. The van der Waals surface area contributed by atoms with Crippen molar-refractivity contribution in [3.8, 4) is 5.75 Å². The zero-order valence-electron chi connectivity index (χ0n) is 12.0. The van der Waals surface area contributed by atoms with Gasteiger partial charge in [0, 0.05) is 24.7 Å². The molecule has 1 aromatic heterocycles. The van der Waals surface area contributed by atoms with Crippen molar-refractivity contribution in [2.75, 3.05) is 7.11 Å². The second-order valence-electron chi connectivity index (χ2n) is 4.37. The standard InChI is InChI=1S/C15H17N3O3/c1-3-18-14(19)9-8-12(17-18)15(20)16-10-11-6-4-5-7-13(11)21-2/h4-9H,3,10H2,1-2H3,(H,16,20). The first-order valence-electron chi connectivity index (χ1n) is 6.64. The van der Waals surface area contributed by atoms with Crippen LogP contribution in [0.5, 0.6) is 5.75 Å². The lowest BCUT2D eigenvalue weighted by molar-refractivity contribution is 0.0943. The van der Waals surface area contributed by atoms with E-state index >= 15 is 0 Å². The monoisotopic (exact) mass is 287 g/mol. The van der Waals surface area contributed by atoms with E-state index in [0.29, 0.717) is 18.8 Å². The van der Waals surface area contributed by atoms with Crippen LogP contribution in [0.15, 0.2) is 41.2 Å². The van der Waals surface area contributed by atoms with Gasteiger partial charge in [-0.2, -0.15) is 5.10 Å². The van der Waals surface area contributed by atoms with E-state index in [1.807, 2.05) is 24.3 Å². The molecule has 0 radical (unpaired) electrons. The third kappa shape index (κ3) is 3.47. The first-order valence-corrected chi connectivity index (χ1v) is 6.64. The molecule has 0 unspecified atom stereocenters. The number of carbonyl (C=O) groups is 1. The smallest absolute Gasteiger partial charge is 0.271 e. The van der Waals surface area contributed by atoms with Gasteiger partial charge in [-0.05, 0) is 19.1 Å². The fourth-order valence-corrected chi connectivity index (χ4v) is 1.91. The molecular weight excluding hydrogens is 270 g/mol. The van der Waals surface area contributed by atoms with Crippen LogP contribution in [0, 0.1) is 0 Å². The summed E-state index contributed by atoms with van der Waals surface area (Å²) in [5, 5.41) is 6.77. The molecular formula is C15H17N3O3. The molecule has 1 N–H and O–H groups in total. The lowest BCUT2D eigenvalue weighted by atomic mass is 10.2. The van der Waals surface area contributed by atoms with E-state index in [2.05, 4.69) is 10.4 Å². The highest BCUT2D eigenvalue weighted by Gasteiger charge is 2.10. The number of nitrogens with one attached hydrogen (secondary N) is 1. The van der Waals surface area contributed by atoms with Crippen molar-refractivity contribution in [2.24, 2.45) is 0 Å². The maximum absolute atomic E-state index is 12.1. The summed E-state index contributed by atoms with van der Waals surface area (Å²) in [5.74, 6) is 0.382. The van der Waals surface area contributed by atoms with Crippen LogP contribution in [0.1, 0.15) is 23.0 Å². The minimum Gasteiger partial charge on any atom is -0.496 e. The second-order valence-corrected chi connectivity index (χ2v) is 4.37. The number of ether oxygens (including phenoxy) is 1. The Balaban J connectivity index is 2.10. The van der Waals surface area contributed by atoms with Crippen LogP contribution in [0.25, 0.3) is 0 Å². The van der Waals surface area contributed by atoms with Crippen LogP contribution < -0.4 is 15.6 Å². The number of nitrogens with zero attached hydrogens (tertiary/aromatic N) is 2. The van der Waals surface area contributed by atoms with Crippen molar-refractivity contribution in [1.29, 1.82) is 0 Å². The van der Waals surface area contributed by atoms with E-state index in [4.69, 9.17) is 4.74 Å². The van der Waals surface area contributed by atoms with E-state index in [0.717, 1.165) is 5.56 Å². The highest BCUT2D eigenvalue weighted by atomic mass is 16.5. The minimum absolute atomic E-state index is 0.214. The number of para-hydroxylation sites is 1. The van der Waals surface area contributed by atoms with Crippen LogP contribution >= 0.6 is 0 Å². The molecule has 1 heterocycles. The molecule has 2 rings (SSSR count). The summed E-state index contributed by atoms with van der Waals surface area (Å²) in [6.45, 7) is 2.55. The molecule has 0 spiro atoms. The molecule has 0 saturated carbocycles. The number of rotatable bonds is 5. The number of aryl methyl sites for hydroxylation is 1. The number of hydrogen-bond acceptors (Lipinski definition) is 4. The Morgan fingerprint density at radius 2 is 2.05 bits per heavy atom. The summed E-state index contributed by atoms with van der Waals surface area (Å²) >= 11 is 0. The Morgan fingerprint density at radius 3 is 2.76 bits per heavy atom. The number of benzene rings is 1. The van der Waals surface area contributed by atoms with Gasteiger partial charge in [-0.15, -0.1) is 0 Å². The van der Waals surface area contributed by atoms with Crippen LogP contribution in [0.4, 0.5) is 0 Å². The predicted octanol–water partition coefficient (Wildman–Crippen LogP) is 1.20. The third-order valence-corrected chi connectivity index (χ3v) is 3.03. The van der Waals surface area contributed by atoms with Gasteiger partial charge in [-0.1, -0.05) is 18.2 Å². The lowest BCUT2D eigenvalue weighted by Crippen LogP contribution is -2.29. The molecule has 110 valence electrons. The fraction of sp³-hybridized carbons (Fsp3) is 0.267. The summed E-state index contributed by atoms with van der Waals surface area (Å²) in [6.07, 6.45) is 0. The van der Waals surface area contributed by atoms with Crippen molar-refractivity contribution in [2.45, 2.75) is 20.0 Å². The van der Waals surface area contributed by atoms with Crippen molar-refractivity contribution >= 4 is 5.91 Å². The normalized spacial score (nSPS) is 10.2. The van der Waals surface area contributed by atoms with Crippen molar-refractivity contribution < 1.29 is 9.53 Å². The molecule has 1 amide bonds. The van der Waals surface area contributed by atoms with E-state index in [1.165, 1.54) is 16.8 Å². The number of methoxy groups -OCH3 is 1. The average molecular weight is 287 g/mol. The Morgan fingerprint density at radius 1 is 1.29 bits per heavy atom. The zero-order chi connectivity index (χ0) is 15.2. The molecule has 0 fully saturated rings. The van der Waals surface area contributed by atoms with Crippen LogP contribution in [0.3, 0.4) is 0 Å². The first kappa shape index (κ1) is 14.8. The average Bonchev–Trinajstić information content (AvgIpc) is 2.53. The van der Waals surface area contributed by atoms with Crippen molar-refractivity contribution in [1.82, 2.24) is 15.1 Å². The van der Waals surface area contributed by atoms with Gasteiger partial charge in [-0.25, -0.2) is 4.68 Å². The number of amides is 1. The molecule has 1 aromatic carbocycles. The van der Waals surface area contributed by atoms with E-state index in [-0.39, 0.29) is 17.2 Å². The number of aromatic nitrogens is 2. The highest BCUT2D eigenvalue weighted by molar-refractivity contribution is 5.91. The molecule has 0 bridgehead atoms. The summed E-state index contributed by atoms with van der Waals surface area (Å²) in [6, 6.07) is 10.2. The molecule has 6 heteroatoms. The van der Waals surface area contributed by atoms with Gasteiger partial charge in [0.15, 0.2) is 0 Å². The first-order chi connectivity index (χ1) is 10.2. The molecule has 0 aliphatic rings. The molecule has 21 heavy (non-hydrogen) atoms. The van der Waals surface area contributed by atoms with E-state index < -0.39 is 0 Å². The lowest BCUT2D eigenvalue weighted by Gasteiger charge is -2.09. The topological polar surface area (TPSA) is 73.2 Å². The number of hydrogen-bond donors (Lipinski definition) is 1. The molecule has 0 aliphatic carbocycles. The van der Waals surface area contributed by atoms with Crippen LogP contribution in [-0.2, 0) is 13.1 Å². The highest BCUT2D eigenvalue weighted by Crippen LogP contribution is 2.16. The Bertz CT molecular complexity index is 695. The second kappa shape index (κ2) is 6.69. The molecule has 0 atom stereocenters.